The Bertz CT molecular complexity index is 654. The lowest BCUT2D eigenvalue weighted by atomic mass is 10.0. The van der Waals surface area contributed by atoms with Gasteiger partial charge in [0.1, 0.15) is 0 Å². The molecule has 4 nitrogen and oxygen atoms in total. The second-order valence-corrected chi connectivity index (χ2v) is 6.59. The fraction of sp³-hybridized carbons (Fsp3) is 0.400. The third-order valence-electron chi connectivity index (χ3n) is 4.65. The highest BCUT2D eigenvalue weighted by Gasteiger charge is 2.26. The van der Waals surface area contributed by atoms with Crippen molar-refractivity contribution in [2.75, 3.05) is 13.1 Å². The standard InChI is InChI=1S/C20H25N3O/c1-16-6-8-17(9-7-16)12-19-5-3-11-23(19)15-20(24)22-14-18-4-2-10-21-13-18/h2,4,6-10,13,19H,3,5,11-12,14-15H2,1H3,(H,22,24)/t19-/m0/s1. The number of pyridine rings is 1. The lowest BCUT2D eigenvalue weighted by Gasteiger charge is -2.24. The fourth-order valence-corrected chi connectivity index (χ4v) is 3.27. The first kappa shape index (κ1) is 16.7. The maximum absolute atomic E-state index is 12.2. The number of aromatic nitrogens is 1. The van der Waals surface area contributed by atoms with E-state index < -0.39 is 0 Å². The van der Waals surface area contributed by atoms with E-state index in [4.69, 9.17) is 0 Å². The van der Waals surface area contributed by atoms with Crippen LogP contribution < -0.4 is 5.32 Å². The van der Waals surface area contributed by atoms with Crippen LogP contribution in [0.4, 0.5) is 0 Å². The van der Waals surface area contributed by atoms with Gasteiger partial charge in [0.25, 0.3) is 0 Å². The Kier molecular flexibility index (Phi) is 5.59. The number of nitrogens with one attached hydrogen (secondary N) is 1. The molecular weight excluding hydrogens is 298 g/mol. The molecule has 1 fully saturated rings. The van der Waals surface area contributed by atoms with Crippen molar-refractivity contribution in [2.45, 2.75) is 38.8 Å². The van der Waals surface area contributed by atoms with Crippen LogP contribution >= 0.6 is 0 Å². The quantitative estimate of drug-likeness (QED) is 0.889. The molecule has 2 heterocycles. The summed E-state index contributed by atoms with van der Waals surface area (Å²) in [5, 5.41) is 3.00. The van der Waals surface area contributed by atoms with Gasteiger partial charge < -0.3 is 5.32 Å². The van der Waals surface area contributed by atoms with Gasteiger partial charge in [-0.15, -0.1) is 0 Å². The number of rotatable bonds is 6. The molecular formula is C20H25N3O. The Balaban J connectivity index is 1.50. The summed E-state index contributed by atoms with van der Waals surface area (Å²) in [5.41, 5.74) is 3.67. The highest BCUT2D eigenvalue weighted by molar-refractivity contribution is 5.78. The molecule has 1 aliphatic heterocycles. The Morgan fingerprint density at radius 2 is 2.08 bits per heavy atom. The second-order valence-electron chi connectivity index (χ2n) is 6.59. The normalized spacial score (nSPS) is 17.8. The fourth-order valence-electron chi connectivity index (χ4n) is 3.27. The molecule has 1 N–H and O–H groups in total. The van der Waals surface area contributed by atoms with Crippen LogP contribution in [0.2, 0.25) is 0 Å². The van der Waals surface area contributed by atoms with Crippen LogP contribution in [0.15, 0.2) is 48.8 Å². The molecule has 1 atom stereocenters. The average molecular weight is 323 g/mol. The van der Waals surface area contributed by atoms with E-state index >= 15 is 0 Å². The summed E-state index contributed by atoms with van der Waals surface area (Å²) < 4.78 is 0. The van der Waals surface area contributed by atoms with Gasteiger partial charge in [0.15, 0.2) is 0 Å². The minimum Gasteiger partial charge on any atom is -0.351 e. The van der Waals surface area contributed by atoms with Gasteiger partial charge in [0, 0.05) is 25.0 Å². The van der Waals surface area contributed by atoms with Crippen LogP contribution in [-0.4, -0.2) is 34.9 Å². The van der Waals surface area contributed by atoms with Crippen molar-refractivity contribution in [1.29, 1.82) is 0 Å². The van der Waals surface area contributed by atoms with Crippen molar-refractivity contribution >= 4 is 5.91 Å². The Hall–Kier alpha value is -2.20. The predicted octanol–water partition coefficient (Wildman–Crippen LogP) is 2.71. The number of aryl methyl sites for hydroxylation is 1. The van der Waals surface area contributed by atoms with Gasteiger partial charge in [-0.25, -0.2) is 0 Å². The zero-order chi connectivity index (χ0) is 16.8. The first-order valence-corrected chi connectivity index (χ1v) is 8.66. The molecule has 0 bridgehead atoms. The van der Waals surface area contributed by atoms with Crippen molar-refractivity contribution in [3.05, 3.63) is 65.5 Å². The number of carbonyl (C=O) groups excluding carboxylic acids is 1. The van der Waals surface area contributed by atoms with E-state index in [2.05, 4.69) is 46.4 Å². The number of amides is 1. The Morgan fingerprint density at radius 1 is 1.25 bits per heavy atom. The molecule has 24 heavy (non-hydrogen) atoms. The average Bonchev–Trinajstić information content (AvgIpc) is 3.03. The van der Waals surface area contributed by atoms with Gasteiger partial charge in [-0.05, 0) is 49.9 Å². The molecule has 1 aromatic carbocycles. The Morgan fingerprint density at radius 3 is 2.83 bits per heavy atom. The van der Waals surface area contributed by atoms with Gasteiger partial charge in [0.2, 0.25) is 5.91 Å². The van der Waals surface area contributed by atoms with Crippen LogP contribution in [0, 0.1) is 6.92 Å². The lowest BCUT2D eigenvalue weighted by molar-refractivity contribution is -0.122. The third-order valence-corrected chi connectivity index (χ3v) is 4.65. The van der Waals surface area contributed by atoms with Crippen LogP contribution in [0.5, 0.6) is 0 Å². The SMILES string of the molecule is Cc1ccc(C[C@@H]2CCCN2CC(=O)NCc2cccnc2)cc1. The number of benzene rings is 1. The molecule has 2 aromatic rings. The van der Waals surface area contributed by atoms with Gasteiger partial charge in [-0.1, -0.05) is 35.9 Å². The van der Waals surface area contributed by atoms with Gasteiger partial charge in [0.05, 0.1) is 6.54 Å². The monoisotopic (exact) mass is 323 g/mol. The summed E-state index contributed by atoms with van der Waals surface area (Å²) >= 11 is 0. The van der Waals surface area contributed by atoms with Crippen molar-refractivity contribution in [3.8, 4) is 0 Å². The number of hydrogen-bond acceptors (Lipinski definition) is 3. The highest BCUT2D eigenvalue weighted by atomic mass is 16.2. The van der Waals surface area contributed by atoms with Gasteiger partial charge in [-0.2, -0.15) is 0 Å². The number of likely N-dealkylation sites (tertiary alicyclic amines) is 1. The zero-order valence-electron chi connectivity index (χ0n) is 14.2. The largest absolute Gasteiger partial charge is 0.351 e. The molecule has 0 saturated carbocycles. The van der Waals surface area contributed by atoms with Crippen LogP contribution in [-0.2, 0) is 17.8 Å². The molecule has 4 heteroatoms. The van der Waals surface area contributed by atoms with E-state index in [1.807, 2.05) is 12.1 Å². The summed E-state index contributed by atoms with van der Waals surface area (Å²) in [7, 11) is 0. The first-order chi connectivity index (χ1) is 11.7. The van der Waals surface area contributed by atoms with Crippen molar-refractivity contribution in [1.82, 2.24) is 15.2 Å². The molecule has 1 aromatic heterocycles. The topological polar surface area (TPSA) is 45.2 Å². The molecule has 0 spiro atoms. The first-order valence-electron chi connectivity index (χ1n) is 8.66. The number of carbonyl (C=O) groups is 1. The summed E-state index contributed by atoms with van der Waals surface area (Å²) in [6, 6.07) is 13.1. The molecule has 0 radical (unpaired) electrons. The van der Waals surface area contributed by atoms with Crippen molar-refractivity contribution in [3.63, 3.8) is 0 Å². The van der Waals surface area contributed by atoms with Crippen LogP contribution in [0.25, 0.3) is 0 Å². The lowest BCUT2D eigenvalue weighted by Crippen LogP contribution is -2.40. The number of hydrogen-bond donors (Lipinski definition) is 1. The molecule has 3 rings (SSSR count). The maximum atomic E-state index is 12.2. The van der Waals surface area contributed by atoms with E-state index in [1.54, 1.807) is 12.4 Å². The van der Waals surface area contributed by atoms with Gasteiger partial charge in [-0.3, -0.25) is 14.7 Å². The zero-order valence-corrected chi connectivity index (χ0v) is 14.2. The minimum atomic E-state index is 0.0923. The maximum Gasteiger partial charge on any atom is 0.234 e. The molecule has 0 unspecified atom stereocenters. The Labute approximate surface area is 143 Å². The van der Waals surface area contributed by atoms with E-state index in [-0.39, 0.29) is 5.91 Å². The van der Waals surface area contributed by atoms with Crippen molar-refractivity contribution in [2.24, 2.45) is 0 Å². The van der Waals surface area contributed by atoms with E-state index in [0.717, 1.165) is 18.5 Å². The summed E-state index contributed by atoms with van der Waals surface area (Å²) in [6.07, 6.45) is 6.90. The van der Waals surface area contributed by atoms with Crippen LogP contribution in [0.3, 0.4) is 0 Å². The predicted molar refractivity (Wildman–Crippen MR) is 95.6 cm³/mol. The second kappa shape index (κ2) is 8.06. The molecule has 126 valence electrons. The van der Waals surface area contributed by atoms with E-state index in [0.29, 0.717) is 19.1 Å². The molecule has 0 aliphatic carbocycles. The minimum absolute atomic E-state index is 0.0923. The summed E-state index contributed by atoms with van der Waals surface area (Å²) in [4.78, 5) is 18.6. The summed E-state index contributed by atoms with van der Waals surface area (Å²) in [6.45, 7) is 4.15. The van der Waals surface area contributed by atoms with E-state index in [1.165, 1.54) is 24.0 Å². The van der Waals surface area contributed by atoms with E-state index in [9.17, 15) is 4.79 Å². The third kappa shape index (κ3) is 4.65. The summed E-state index contributed by atoms with van der Waals surface area (Å²) in [5.74, 6) is 0.0923. The highest BCUT2D eigenvalue weighted by Crippen LogP contribution is 2.21. The van der Waals surface area contributed by atoms with Gasteiger partial charge >= 0.3 is 0 Å². The molecule has 1 saturated heterocycles. The molecule has 1 aliphatic rings. The van der Waals surface area contributed by atoms with Crippen LogP contribution in [0.1, 0.15) is 29.5 Å². The molecule has 1 amide bonds. The van der Waals surface area contributed by atoms with Crippen molar-refractivity contribution < 1.29 is 4.79 Å². The number of nitrogens with zero attached hydrogens (tertiary/aromatic N) is 2. The smallest absolute Gasteiger partial charge is 0.234 e.